The minimum Gasteiger partial charge on any atom is -0.357 e. The van der Waals surface area contributed by atoms with E-state index in [4.69, 9.17) is 23.2 Å². The first-order valence-corrected chi connectivity index (χ1v) is 8.05. The van der Waals surface area contributed by atoms with Crippen molar-refractivity contribution in [3.8, 4) is 11.3 Å². The summed E-state index contributed by atoms with van der Waals surface area (Å²) in [7, 11) is 1.98. The predicted octanol–water partition coefficient (Wildman–Crippen LogP) is 4.63. The molecule has 1 aromatic heterocycles. The molecule has 1 atom stereocenters. The van der Waals surface area contributed by atoms with E-state index in [9.17, 15) is 0 Å². The second-order valence-electron chi connectivity index (χ2n) is 5.81. The number of hydrogen-bond acceptors (Lipinski definition) is 2. The van der Waals surface area contributed by atoms with E-state index in [-0.39, 0.29) is 0 Å². The standard InChI is InChI=1S/C16H19Cl2N3/c1-11-5-4-8-21(10-11)15-9-14(19-20(15)2)12-6-3-7-13(17)16(12)18/h3,6-7,9,11H,4-5,8,10H2,1-2H3/t11-/m1/s1. The van der Waals surface area contributed by atoms with Gasteiger partial charge in [0.15, 0.2) is 0 Å². The molecule has 1 aromatic carbocycles. The van der Waals surface area contributed by atoms with Gasteiger partial charge in [-0.2, -0.15) is 5.10 Å². The number of hydrogen-bond donors (Lipinski definition) is 0. The second kappa shape index (κ2) is 5.90. The van der Waals surface area contributed by atoms with Gasteiger partial charge < -0.3 is 4.90 Å². The molecule has 1 aliphatic heterocycles. The van der Waals surface area contributed by atoms with Crippen LogP contribution in [-0.4, -0.2) is 22.9 Å². The van der Waals surface area contributed by atoms with Crippen LogP contribution in [0.5, 0.6) is 0 Å². The molecule has 0 spiro atoms. The molecule has 1 aliphatic rings. The fourth-order valence-electron chi connectivity index (χ4n) is 2.98. The van der Waals surface area contributed by atoms with Crippen molar-refractivity contribution in [2.75, 3.05) is 18.0 Å². The van der Waals surface area contributed by atoms with E-state index in [1.54, 1.807) is 6.07 Å². The first kappa shape index (κ1) is 14.7. The van der Waals surface area contributed by atoms with Crippen LogP contribution in [0.1, 0.15) is 19.8 Å². The van der Waals surface area contributed by atoms with Crippen molar-refractivity contribution in [3.63, 3.8) is 0 Å². The molecule has 1 saturated heterocycles. The fraction of sp³-hybridized carbons (Fsp3) is 0.438. The van der Waals surface area contributed by atoms with Gasteiger partial charge in [-0.1, -0.05) is 42.3 Å². The molecule has 0 bridgehead atoms. The first-order chi connectivity index (χ1) is 10.1. The van der Waals surface area contributed by atoms with Crippen LogP contribution in [0.4, 0.5) is 5.82 Å². The Bertz CT molecular complexity index is 651. The average Bonchev–Trinajstić information content (AvgIpc) is 2.84. The van der Waals surface area contributed by atoms with Gasteiger partial charge in [0.25, 0.3) is 0 Å². The lowest BCUT2D eigenvalue weighted by Gasteiger charge is -2.32. The van der Waals surface area contributed by atoms with Crippen LogP contribution in [0.2, 0.25) is 10.0 Å². The highest BCUT2D eigenvalue weighted by molar-refractivity contribution is 6.43. The summed E-state index contributed by atoms with van der Waals surface area (Å²) in [6.07, 6.45) is 2.54. The minimum atomic E-state index is 0.563. The number of anilines is 1. The summed E-state index contributed by atoms with van der Waals surface area (Å²) < 4.78 is 1.94. The number of aryl methyl sites for hydroxylation is 1. The Morgan fingerprint density at radius 2 is 2.10 bits per heavy atom. The summed E-state index contributed by atoms with van der Waals surface area (Å²) in [5.41, 5.74) is 1.76. The molecule has 1 fully saturated rings. The third kappa shape index (κ3) is 2.90. The van der Waals surface area contributed by atoms with Crippen molar-refractivity contribution in [1.82, 2.24) is 9.78 Å². The van der Waals surface area contributed by atoms with Gasteiger partial charge in [0.2, 0.25) is 0 Å². The van der Waals surface area contributed by atoms with Gasteiger partial charge >= 0.3 is 0 Å². The third-order valence-corrected chi connectivity index (χ3v) is 4.88. The van der Waals surface area contributed by atoms with E-state index < -0.39 is 0 Å². The van der Waals surface area contributed by atoms with Gasteiger partial charge in [-0.25, -0.2) is 0 Å². The maximum absolute atomic E-state index is 6.30. The van der Waals surface area contributed by atoms with Gasteiger partial charge in [-0.05, 0) is 24.8 Å². The van der Waals surface area contributed by atoms with Crippen LogP contribution in [0, 0.1) is 5.92 Å². The number of rotatable bonds is 2. The number of piperidine rings is 1. The quantitative estimate of drug-likeness (QED) is 0.803. The molecule has 0 radical (unpaired) electrons. The lowest BCUT2D eigenvalue weighted by Crippen LogP contribution is -2.35. The molecule has 3 rings (SSSR count). The summed E-state index contributed by atoms with van der Waals surface area (Å²) in [5, 5.41) is 5.74. The number of halogens is 2. The summed E-state index contributed by atoms with van der Waals surface area (Å²) in [4.78, 5) is 2.41. The summed E-state index contributed by atoms with van der Waals surface area (Å²) in [6, 6.07) is 7.76. The highest BCUT2D eigenvalue weighted by atomic mass is 35.5. The molecule has 0 amide bonds. The molecule has 21 heavy (non-hydrogen) atoms. The Hall–Kier alpha value is -1.19. The Labute approximate surface area is 135 Å². The zero-order chi connectivity index (χ0) is 15.0. The van der Waals surface area contributed by atoms with Crippen LogP contribution in [0.3, 0.4) is 0 Å². The molecule has 5 heteroatoms. The van der Waals surface area contributed by atoms with Gasteiger partial charge in [0.1, 0.15) is 5.82 Å². The zero-order valence-electron chi connectivity index (χ0n) is 12.3. The van der Waals surface area contributed by atoms with Gasteiger partial charge in [0, 0.05) is 31.8 Å². The molecular weight excluding hydrogens is 305 g/mol. The van der Waals surface area contributed by atoms with E-state index in [0.717, 1.165) is 36.1 Å². The van der Waals surface area contributed by atoms with Crippen molar-refractivity contribution in [1.29, 1.82) is 0 Å². The summed E-state index contributed by atoms with van der Waals surface area (Å²) >= 11 is 12.4. The molecule has 2 heterocycles. The smallest absolute Gasteiger partial charge is 0.127 e. The summed E-state index contributed by atoms with van der Waals surface area (Å²) in [6.45, 7) is 4.48. The molecule has 0 N–H and O–H groups in total. The van der Waals surface area contributed by atoms with Crippen LogP contribution in [0.15, 0.2) is 24.3 Å². The number of nitrogens with zero attached hydrogens (tertiary/aromatic N) is 3. The number of aromatic nitrogens is 2. The topological polar surface area (TPSA) is 21.1 Å². The summed E-state index contributed by atoms with van der Waals surface area (Å²) in [5.74, 6) is 1.87. The average molecular weight is 324 g/mol. The Morgan fingerprint density at radius 1 is 1.29 bits per heavy atom. The van der Waals surface area contributed by atoms with Gasteiger partial charge in [-0.15, -0.1) is 0 Å². The molecule has 2 aromatic rings. The lowest BCUT2D eigenvalue weighted by atomic mass is 10.0. The van der Waals surface area contributed by atoms with Crippen LogP contribution in [-0.2, 0) is 7.05 Å². The zero-order valence-corrected chi connectivity index (χ0v) is 13.8. The monoisotopic (exact) mass is 323 g/mol. The lowest BCUT2D eigenvalue weighted by molar-refractivity contribution is 0.440. The highest BCUT2D eigenvalue weighted by Gasteiger charge is 2.21. The van der Waals surface area contributed by atoms with E-state index in [1.165, 1.54) is 12.8 Å². The largest absolute Gasteiger partial charge is 0.357 e. The van der Waals surface area contributed by atoms with Gasteiger partial charge in [0.05, 0.1) is 15.7 Å². The van der Waals surface area contributed by atoms with Gasteiger partial charge in [-0.3, -0.25) is 4.68 Å². The molecule has 3 nitrogen and oxygen atoms in total. The fourth-order valence-corrected chi connectivity index (χ4v) is 3.38. The highest BCUT2D eigenvalue weighted by Crippen LogP contribution is 2.34. The molecule has 0 aliphatic carbocycles. The number of benzene rings is 1. The first-order valence-electron chi connectivity index (χ1n) is 7.29. The molecule has 0 saturated carbocycles. The SMILES string of the molecule is C[C@@H]1CCCN(c2cc(-c3cccc(Cl)c3Cl)nn2C)C1. The van der Waals surface area contributed by atoms with E-state index in [2.05, 4.69) is 23.0 Å². The van der Waals surface area contributed by atoms with Crippen molar-refractivity contribution in [2.24, 2.45) is 13.0 Å². The van der Waals surface area contributed by atoms with E-state index in [1.807, 2.05) is 23.9 Å². The van der Waals surface area contributed by atoms with E-state index in [0.29, 0.717) is 10.0 Å². The minimum absolute atomic E-state index is 0.563. The van der Waals surface area contributed by atoms with Crippen molar-refractivity contribution in [2.45, 2.75) is 19.8 Å². The van der Waals surface area contributed by atoms with Crippen molar-refractivity contribution in [3.05, 3.63) is 34.3 Å². The molecular formula is C16H19Cl2N3. The molecule has 0 unspecified atom stereocenters. The van der Waals surface area contributed by atoms with Crippen LogP contribution < -0.4 is 4.90 Å². The maximum Gasteiger partial charge on any atom is 0.127 e. The van der Waals surface area contributed by atoms with Crippen molar-refractivity contribution < 1.29 is 0 Å². The maximum atomic E-state index is 6.30. The predicted molar refractivity (Wildman–Crippen MR) is 89.3 cm³/mol. The molecule has 112 valence electrons. The van der Waals surface area contributed by atoms with Crippen LogP contribution >= 0.6 is 23.2 Å². The van der Waals surface area contributed by atoms with Crippen LogP contribution in [0.25, 0.3) is 11.3 Å². The van der Waals surface area contributed by atoms with Crippen molar-refractivity contribution >= 4 is 29.0 Å². The van der Waals surface area contributed by atoms with E-state index >= 15 is 0 Å². The Morgan fingerprint density at radius 3 is 2.86 bits per heavy atom. The second-order valence-corrected chi connectivity index (χ2v) is 6.59. The Balaban J connectivity index is 1.96. The third-order valence-electron chi connectivity index (χ3n) is 4.06. The normalized spacial score (nSPS) is 19.0. The Kier molecular flexibility index (Phi) is 4.14.